The van der Waals surface area contributed by atoms with Crippen LogP contribution < -0.4 is 10.6 Å². The number of hydrogen-bond donors (Lipinski definition) is 3. The number of ether oxygens (including phenoxy) is 2. The molecular formula is C22H25N3O7. The molecule has 170 valence electrons. The lowest BCUT2D eigenvalue weighted by Gasteiger charge is -2.45. The third kappa shape index (κ3) is 4.43. The van der Waals surface area contributed by atoms with Gasteiger partial charge in [-0.2, -0.15) is 0 Å². The minimum atomic E-state index is -1.21. The molecule has 1 saturated heterocycles. The number of hydrogen-bond acceptors (Lipinski definition) is 6. The van der Waals surface area contributed by atoms with Crippen molar-refractivity contribution in [3.05, 3.63) is 53.7 Å². The van der Waals surface area contributed by atoms with Gasteiger partial charge in [-0.05, 0) is 36.1 Å². The second kappa shape index (κ2) is 9.54. The molecule has 0 spiro atoms. The Morgan fingerprint density at radius 3 is 2.78 bits per heavy atom. The summed E-state index contributed by atoms with van der Waals surface area (Å²) in [5.74, 6) is -2.29. The predicted octanol–water partition coefficient (Wildman–Crippen LogP) is 1.87. The van der Waals surface area contributed by atoms with Gasteiger partial charge in [0.1, 0.15) is 18.4 Å². The van der Waals surface area contributed by atoms with Crippen LogP contribution in [-0.2, 0) is 25.6 Å². The number of β-lactam (4-membered cyclic amide) rings is 1. The molecular weight excluding hydrogens is 418 g/mol. The van der Waals surface area contributed by atoms with Crippen LogP contribution in [0, 0.1) is 5.92 Å². The predicted molar refractivity (Wildman–Crippen MR) is 113 cm³/mol. The molecule has 10 heteroatoms. The Kier molecular flexibility index (Phi) is 6.82. The third-order valence-corrected chi connectivity index (χ3v) is 5.47. The summed E-state index contributed by atoms with van der Waals surface area (Å²) >= 11 is 0. The second-order valence-corrected chi connectivity index (χ2v) is 7.44. The molecule has 2 heterocycles. The van der Waals surface area contributed by atoms with Gasteiger partial charge in [0.15, 0.2) is 0 Å². The molecule has 10 nitrogen and oxygen atoms in total. The average molecular weight is 443 g/mol. The van der Waals surface area contributed by atoms with Crippen LogP contribution in [0.15, 0.2) is 42.6 Å². The molecule has 0 radical (unpaired) electrons. The first kappa shape index (κ1) is 22.9. The van der Waals surface area contributed by atoms with Gasteiger partial charge < -0.3 is 30.1 Å². The van der Waals surface area contributed by atoms with Crippen LogP contribution in [0.2, 0.25) is 0 Å². The van der Waals surface area contributed by atoms with Gasteiger partial charge in [0, 0.05) is 13.6 Å². The number of carbonyl (C=O) groups excluding carboxylic acids is 3. The lowest BCUT2D eigenvalue weighted by atomic mass is 9.82. The van der Waals surface area contributed by atoms with Crippen LogP contribution in [0.5, 0.6) is 0 Å². The molecule has 1 aromatic rings. The molecule has 0 aromatic heterocycles. The summed E-state index contributed by atoms with van der Waals surface area (Å²) in [5, 5.41) is 14.9. The minimum Gasteiger partial charge on any atom is -0.477 e. The van der Waals surface area contributed by atoms with Crippen molar-refractivity contribution in [3.8, 4) is 0 Å². The van der Waals surface area contributed by atoms with Gasteiger partial charge in [-0.1, -0.05) is 30.9 Å². The molecule has 0 saturated carbocycles. The topological polar surface area (TPSA) is 134 Å². The molecule has 3 amide bonds. The molecule has 0 bridgehead atoms. The largest absolute Gasteiger partial charge is 0.508 e. The first-order valence-electron chi connectivity index (χ1n) is 10.1. The van der Waals surface area contributed by atoms with Crippen LogP contribution in [0.1, 0.15) is 24.5 Å². The van der Waals surface area contributed by atoms with Gasteiger partial charge in [-0.3, -0.25) is 4.79 Å². The summed E-state index contributed by atoms with van der Waals surface area (Å²) < 4.78 is 9.98. The van der Waals surface area contributed by atoms with Gasteiger partial charge in [0.25, 0.3) is 0 Å². The quantitative estimate of drug-likeness (QED) is 0.317. The summed E-state index contributed by atoms with van der Waals surface area (Å²) in [5.41, 5.74) is 1.87. The first-order valence-corrected chi connectivity index (χ1v) is 10.1. The molecule has 0 unspecified atom stereocenters. The maximum Gasteiger partial charge on any atom is 0.508 e. The normalized spacial score (nSPS) is 20.1. The van der Waals surface area contributed by atoms with Gasteiger partial charge in [-0.25, -0.2) is 14.4 Å². The van der Waals surface area contributed by atoms with Crippen molar-refractivity contribution in [2.24, 2.45) is 5.92 Å². The van der Waals surface area contributed by atoms with E-state index in [0.29, 0.717) is 17.6 Å². The van der Waals surface area contributed by atoms with Gasteiger partial charge in [0.05, 0.1) is 12.0 Å². The Morgan fingerprint density at radius 2 is 2.12 bits per heavy atom. The Hall–Kier alpha value is -3.82. The molecule has 3 rings (SSSR count). The number of rotatable bonds is 8. The Bertz CT molecular complexity index is 987. The fourth-order valence-corrected chi connectivity index (χ4v) is 4.04. The van der Waals surface area contributed by atoms with E-state index in [-0.39, 0.29) is 24.9 Å². The number of carboxylic acids is 1. The summed E-state index contributed by atoms with van der Waals surface area (Å²) in [6, 6.07) is 6.35. The number of carbonyl (C=O) groups is 4. The fourth-order valence-electron chi connectivity index (χ4n) is 4.04. The van der Waals surface area contributed by atoms with Crippen LogP contribution >= 0.6 is 0 Å². The van der Waals surface area contributed by atoms with E-state index in [1.54, 1.807) is 25.1 Å². The summed E-state index contributed by atoms with van der Waals surface area (Å²) in [6.07, 6.45) is 0.00942. The van der Waals surface area contributed by atoms with Gasteiger partial charge in [0.2, 0.25) is 5.91 Å². The Labute approximate surface area is 184 Å². The van der Waals surface area contributed by atoms with Crippen molar-refractivity contribution in [3.63, 3.8) is 0 Å². The molecule has 3 N–H and O–H groups in total. The average Bonchev–Trinajstić information content (AvgIpc) is 3.11. The highest BCUT2D eigenvalue weighted by atomic mass is 16.7. The molecule has 3 atom stereocenters. The highest BCUT2D eigenvalue weighted by Gasteiger charge is 2.58. The van der Waals surface area contributed by atoms with Crippen molar-refractivity contribution in [1.82, 2.24) is 15.5 Å². The Morgan fingerprint density at radius 1 is 1.38 bits per heavy atom. The maximum absolute atomic E-state index is 12.8. The van der Waals surface area contributed by atoms with Crippen molar-refractivity contribution in [2.75, 3.05) is 13.7 Å². The van der Waals surface area contributed by atoms with Crippen molar-refractivity contribution >= 4 is 29.6 Å². The van der Waals surface area contributed by atoms with Crippen molar-refractivity contribution < 1.29 is 33.8 Å². The summed E-state index contributed by atoms with van der Waals surface area (Å²) in [7, 11) is 1.51. The van der Waals surface area contributed by atoms with Crippen LogP contribution in [0.25, 0.3) is 5.57 Å². The number of aliphatic carboxylic acids is 1. The van der Waals surface area contributed by atoms with E-state index in [1.165, 1.54) is 18.0 Å². The highest BCUT2D eigenvalue weighted by Crippen LogP contribution is 2.47. The van der Waals surface area contributed by atoms with E-state index in [4.69, 9.17) is 9.47 Å². The van der Waals surface area contributed by atoms with Crippen LogP contribution in [-0.4, -0.2) is 59.9 Å². The van der Waals surface area contributed by atoms with E-state index in [1.807, 2.05) is 6.07 Å². The standard InChI is InChI=1S/C22H25N3O7/c1-4-8-31-22(30)32-12(2)17-16-10-15(18(20(27)28)25(16)19(17)26)14-7-5-6-13(9-14)11-24-21(29)23-3/h4-7,9,12,16-17H,1,8,10-11H2,2-3H3,(H,27,28)(H2,23,24,29)/t12-,16-,17-/m1/s1. The fraction of sp³-hybridized carbons (Fsp3) is 0.364. The number of carboxylic acid groups (broad SMARTS) is 1. The number of urea groups is 1. The van der Waals surface area contributed by atoms with E-state index in [2.05, 4.69) is 17.2 Å². The van der Waals surface area contributed by atoms with Gasteiger partial charge >= 0.3 is 18.2 Å². The Balaban J connectivity index is 1.79. The number of benzene rings is 1. The highest BCUT2D eigenvalue weighted by molar-refractivity contribution is 6.06. The van der Waals surface area contributed by atoms with E-state index < -0.39 is 36.1 Å². The monoisotopic (exact) mass is 443 g/mol. The molecule has 2 aliphatic rings. The zero-order valence-electron chi connectivity index (χ0n) is 17.8. The molecule has 32 heavy (non-hydrogen) atoms. The van der Waals surface area contributed by atoms with Crippen LogP contribution in [0.3, 0.4) is 0 Å². The minimum absolute atomic E-state index is 0.0142. The SMILES string of the molecule is C=CCOC(=O)O[C@H](C)[C@H]1C(=O)N2C(C(=O)O)=C(c3cccc(CNC(=O)NC)c3)C[C@H]12. The smallest absolute Gasteiger partial charge is 0.477 e. The summed E-state index contributed by atoms with van der Waals surface area (Å²) in [6.45, 7) is 5.27. The zero-order valence-corrected chi connectivity index (χ0v) is 17.8. The number of fused-ring (bicyclic) bond motifs is 1. The maximum atomic E-state index is 12.8. The molecule has 1 aromatic carbocycles. The van der Waals surface area contributed by atoms with E-state index in [9.17, 15) is 24.3 Å². The van der Waals surface area contributed by atoms with Crippen molar-refractivity contribution in [2.45, 2.75) is 32.0 Å². The lowest BCUT2D eigenvalue weighted by molar-refractivity contribution is -0.162. The van der Waals surface area contributed by atoms with E-state index >= 15 is 0 Å². The van der Waals surface area contributed by atoms with Crippen molar-refractivity contribution in [1.29, 1.82) is 0 Å². The molecule has 2 aliphatic heterocycles. The number of nitrogens with zero attached hydrogens (tertiary/aromatic N) is 1. The summed E-state index contributed by atoms with van der Waals surface area (Å²) in [4.78, 5) is 49.2. The zero-order chi connectivity index (χ0) is 23.4. The second-order valence-electron chi connectivity index (χ2n) is 7.44. The first-order chi connectivity index (χ1) is 15.3. The lowest BCUT2D eigenvalue weighted by Crippen LogP contribution is -2.62. The van der Waals surface area contributed by atoms with E-state index in [0.717, 1.165) is 5.56 Å². The molecule has 0 aliphatic carbocycles. The third-order valence-electron chi connectivity index (χ3n) is 5.47. The number of amides is 3. The molecule has 1 fully saturated rings. The van der Waals surface area contributed by atoms with Gasteiger partial charge in [-0.15, -0.1) is 0 Å². The number of nitrogens with one attached hydrogen (secondary N) is 2. The van der Waals surface area contributed by atoms with Crippen LogP contribution in [0.4, 0.5) is 9.59 Å².